The van der Waals surface area contributed by atoms with E-state index in [0.717, 1.165) is 12.8 Å². The molecule has 1 unspecified atom stereocenters. The summed E-state index contributed by atoms with van der Waals surface area (Å²) in [6, 6.07) is 3.22. The Kier molecular flexibility index (Phi) is 3.98. The highest BCUT2D eigenvalue weighted by atomic mass is 16.5. The maximum absolute atomic E-state index is 12.3. The van der Waals surface area contributed by atoms with E-state index in [9.17, 15) is 9.59 Å². The Morgan fingerprint density at radius 3 is 2.76 bits per heavy atom. The Bertz CT molecular complexity index is 514. The predicted octanol–water partition coefficient (Wildman–Crippen LogP) is 0.125. The first kappa shape index (κ1) is 13.8. The average Bonchev–Trinajstić information content (AvgIpc) is 2.95. The van der Waals surface area contributed by atoms with E-state index in [1.54, 1.807) is 18.3 Å². The molecule has 1 atom stereocenters. The normalized spacial score (nSPS) is 23.0. The number of hydrogen-bond donors (Lipinski definition) is 1. The SMILES string of the molecule is O=C1CCC(C(=O)N2CCC(Oc3cccnn3)CC2)N1. The lowest BCUT2D eigenvalue weighted by atomic mass is 10.1. The third-order valence-electron chi connectivity index (χ3n) is 3.88. The quantitative estimate of drug-likeness (QED) is 0.855. The van der Waals surface area contributed by atoms with Crippen molar-refractivity contribution in [1.29, 1.82) is 0 Å². The van der Waals surface area contributed by atoms with Gasteiger partial charge in [-0.1, -0.05) is 0 Å². The first-order chi connectivity index (χ1) is 10.2. The molecule has 0 radical (unpaired) electrons. The van der Waals surface area contributed by atoms with Crippen molar-refractivity contribution in [1.82, 2.24) is 20.4 Å². The second-order valence-electron chi connectivity index (χ2n) is 5.36. The van der Waals surface area contributed by atoms with Gasteiger partial charge in [-0.2, -0.15) is 5.10 Å². The van der Waals surface area contributed by atoms with E-state index < -0.39 is 0 Å². The summed E-state index contributed by atoms with van der Waals surface area (Å²) in [6.45, 7) is 1.30. The molecule has 0 aliphatic carbocycles. The van der Waals surface area contributed by atoms with Crippen LogP contribution in [0.4, 0.5) is 0 Å². The summed E-state index contributed by atoms with van der Waals surface area (Å²) in [4.78, 5) is 25.3. The molecule has 2 saturated heterocycles. The number of nitrogens with zero attached hydrogens (tertiary/aromatic N) is 3. The average molecular weight is 290 g/mol. The fourth-order valence-electron chi connectivity index (χ4n) is 2.73. The Labute approximate surface area is 122 Å². The van der Waals surface area contributed by atoms with Crippen LogP contribution in [0.2, 0.25) is 0 Å². The van der Waals surface area contributed by atoms with E-state index in [1.165, 1.54) is 0 Å². The highest BCUT2D eigenvalue weighted by molar-refractivity contribution is 5.90. The van der Waals surface area contributed by atoms with Crippen LogP contribution in [0.15, 0.2) is 18.3 Å². The Balaban J connectivity index is 1.49. The Hall–Kier alpha value is -2.18. The lowest BCUT2D eigenvalue weighted by Gasteiger charge is -2.33. The minimum atomic E-state index is -0.338. The van der Waals surface area contributed by atoms with E-state index in [1.807, 2.05) is 4.90 Å². The molecule has 0 spiro atoms. The minimum Gasteiger partial charge on any atom is -0.473 e. The third kappa shape index (κ3) is 3.29. The van der Waals surface area contributed by atoms with Gasteiger partial charge in [0.25, 0.3) is 0 Å². The number of piperidine rings is 1. The van der Waals surface area contributed by atoms with Crippen LogP contribution in [0.5, 0.6) is 5.88 Å². The lowest BCUT2D eigenvalue weighted by Crippen LogP contribution is -2.49. The molecule has 0 bridgehead atoms. The van der Waals surface area contributed by atoms with Gasteiger partial charge in [0, 0.05) is 44.6 Å². The summed E-state index contributed by atoms with van der Waals surface area (Å²) in [5, 5.41) is 10.4. The zero-order chi connectivity index (χ0) is 14.7. The van der Waals surface area contributed by atoms with Gasteiger partial charge in [0.05, 0.1) is 0 Å². The van der Waals surface area contributed by atoms with Crippen molar-refractivity contribution >= 4 is 11.8 Å². The summed E-state index contributed by atoms with van der Waals surface area (Å²) in [5.74, 6) is 0.512. The summed E-state index contributed by atoms with van der Waals surface area (Å²) in [7, 11) is 0. The number of rotatable bonds is 3. The predicted molar refractivity (Wildman–Crippen MR) is 73.4 cm³/mol. The molecule has 21 heavy (non-hydrogen) atoms. The van der Waals surface area contributed by atoms with Crippen LogP contribution < -0.4 is 10.1 Å². The summed E-state index contributed by atoms with van der Waals surface area (Å²) in [6.07, 6.45) is 4.25. The van der Waals surface area contributed by atoms with Gasteiger partial charge in [0.2, 0.25) is 17.7 Å². The molecule has 3 heterocycles. The third-order valence-corrected chi connectivity index (χ3v) is 3.88. The van der Waals surface area contributed by atoms with E-state index >= 15 is 0 Å². The monoisotopic (exact) mass is 290 g/mol. The molecule has 0 aromatic carbocycles. The summed E-state index contributed by atoms with van der Waals surface area (Å²) >= 11 is 0. The van der Waals surface area contributed by atoms with Crippen molar-refractivity contribution in [3.63, 3.8) is 0 Å². The number of likely N-dealkylation sites (tertiary alicyclic amines) is 1. The molecule has 2 amide bonds. The zero-order valence-electron chi connectivity index (χ0n) is 11.7. The van der Waals surface area contributed by atoms with E-state index in [0.29, 0.717) is 31.8 Å². The number of carbonyl (C=O) groups excluding carboxylic acids is 2. The fourth-order valence-corrected chi connectivity index (χ4v) is 2.73. The largest absolute Gasteiger partial charge is 0.473 e. The van der Waals surface area contributed by atoms with Gasteiger partial charge in [0.15, 0.2) is 0 Å². The highest BCUT2D eigenvalue weighted by Crippen LogP contribution is 2.18. The minimum absolute atomic E-state index is 0.0267. The molecule has 2 fully saturated rings. The molecule has 2 aliphatic heterocycles. The van der Waals surface area contributed by atoms with Gasteiger partial charge in [0.1, 0.15) is 12.1 Å². The summed E-state index contributed by atoms with van der Waals surface area (Å²) < 4.78 is 5.74. The zero-order valence-corrected chi connectivity index (χ0v) is 11.7. The van der Waals surface area contributed by atoms with Crippen molar-refractivity contribution < 1.29 is 14.3 Å². The topological polar surface area (TPSA) is 84.4 Å². The standard InChI is InChI=1S/C14H18N4O3/c19-12-4-3-11(16-12)14(20)18-8-5-10(6-9-18)21-13-2-1-7-15-17-13/h1-2,7,10-11H,3-6,8-9H2,(H,16,19). The molecule has 2 aliphatic rings. The lowest BCUT2D eigenvalue weighted by molar-refractivity contribution is -0.136. The second-order valence-corrected chi connectivity index (χ2v) is 5.36. The van der Waals surface area contributed by atoms with Crippen molar-refractivity contribution in [3.8, 4) is 5.88 Å². The van der Waals surface area contributed by atoms with E-state index in [-0.39, 0.29) is 24.0 Å². The second kappa shape index (κ2) is 6.07. The van der Waals surface area contributed by atoms with Crippen LogP contribution in [0.25, 0.3) is 0 Å². The van der Waals surface area contributed by atoms with Gasteiger partial charge < -0.3 is 15.0 Å². The molecule has 1 N–H and O–H groups in total. The number of amides is 2. The summed E-state index contributed by atoms with van der Waals surface area (Å²) in [5.41, 5.74) is 0. The molecule has 112 valence electrons. The van der Waals surface area contributed by atoms with Crippen LogP contribution in [0.3, 0.4) is 0 Å². The van der Waals surface area contributed by atoms with Crippen LogP contribution in [-0.4, -0.2) is 52.1 Å². The van der Waals surface area contributed by atoms with Crippen molar-refractivity contribution in [3.05, 3.63) is 18.3 Å². The molecule has 7 nitrogen and oxygen atoms in total. The van der Waals surface area contributed by atoms with Gasteiger partial charge >= 0.3 is 0 Å². The molecular formula is C14H18N4O3. The molecular weight excluding hydrogens is 272 g/mol. The van der Waals surface area contributed by atoms with Crippen molar-refractivity contribution in [2.75, 3.05) is 13.1 Å². The van der Waals surface area contributed by atoms with Crippen LogP contribution in [-0.2, 0) is 9.59 Å². The van der Waals surface area contributed by atoms with E-state index in [4.69, 9.17) is 4.74 Å². The number of aromatic nitrogens is 2. The van der Waals surface area contributed by atoms with E-state index in [2.05, 4.69) is 15.5 Å². The van der Waals surface area contributed by atoms with Gasteiger partial charge in [-0.3, -0.25) is 9.59 Å². The first-order valence-electron chi connectivity index (χ1n) is 7.25. The highest BCUT2D eigenvalue weighted by Gasteiger charge is 2.33. The maximum atomic E-state index is 12.3. The smallest absolute Gasteiger partial charge is 0.245 e. The Morgan fingerprint density at radius 1 is 1.33 bits per heavy atom. The maximum Gasteiger partial charge on any atom is 0.245 e. The molecule has 0 saturated carbocycles. The van der Waals surface area contributed by atoms with Crippen LogP contribution in [0.1, 0.15) is 25.7 Å². The van der Waals surface area contributed by atoms with Crippen molar-refractivity contribution in [2.45, 2.75) is 37.8 Å². The number of ether oxygens (including phenoxy) is 1. The van der Waals surface area contributed by atoms with Crippen LogP contribution >= 0.6 is 0 Å². The molecule has 3 rings (SSSR count). The molecule has 1 aromatic heterocycles. The van der Waals surface area contributed by atoms with Gasteiger partial charge in [-0.15, -0.1) is 5.10 Å². The Morgan fingerprint density at radius 2 is 2.14 bits per heavy atom. The first-order valence-corrected chi connectivity index (χ1v) is 7.25. The van der Waals surface area contributed by atoms with Crippen LogP contribution in [0, 0.1) is 0 Å². The molecule has 1 aromatic rings. The van der Waals surface area contributed by atoms with Crippen molar-refractivity contribution in [2.24, 2.45) is 0 Å². The number of hydrogen-bond acceptors (Lipinski definition) is 5. The molecule has 7 heteroatoms. The fraction of sp³-hybridized carbons (Fsp3) is 0.571. The van der Waals surface area contributed by atoms with Gasteiger partial charge in [-0.05, 0) is 12.5 Å². The van der Waals surface area contributed by atoms with Gasteiger partial charge in [-0.25, -0.2) is 0 Å². The number of carbonyl (C=O) groups is 2. The number of nitrogens with one attached hydrogen (secondary N) is 1.